The fraction of sp³-hybridized carbons (Fsp3) is 0.500. The molecule has 0 aliphatic heterocycles. The fourth-order valence-corrected chi connectivity index (χ4v) is 3.21. The van der Waals surface area contributed by atoms with Gasteiger partial charge in [-0.15, -0.1) is 0 Å². The van der Waals surface area contributed by atoms with E-state index in [1.807, 2.05) is 13.8 Å². The first-order valence-corrected chi connectivity index (χ1v) is 8.43. The van der Waals surface area contributed by atoms with Crippen molar-refractivity contribution in [3.8, 4) is 0 Å². The zero-order valence-electron chi connectivity index (χ0n) is 10.6. The molecule has 18 heavy (non-hydrogen) atoms. The van der Waals surface area contributed by atoms with Crippen molar-refractivity contribution >= 4 is 25.8 Å². The van der Waals surface area contributed by atoms with Crippen molar-refractivity contribution in [2.75, 3.05) is 12.0 Å². The Kier molecular flexibility index (Phi) is 5.31. The van der Waals surface area contributed by atoms with Gasteiger partial charge in [0.15, 0.2) is 0 Å². The van der Waals surface area contributed by atoms with Crippen molar-refractivity contribution in [1.82, 2.24) is 5.32 Å². The minimum Gasteiger partial charge on any atom is -0.307 e. The monoisotopic (exact) mass is 337 g/mol. The van der Waals surface area contributed by atoms with Gasteiger partial charge < -0.3 is 5.32 Å². The maximum absolute atomic E-state index is 13.1. The predicted molar refractivity (Wildman–Crippen MR) is 74.8 cm³/mol. The molecule has 0 aromatic heterocycles. The zero-order chi connectivity index (χ0) is 13.9. The van der Waals surface area contributed by atoms with Gasteiger partial charge in [-0.05, 0) is 47.5 Å². The Morgan fingerprint density at radius 2 is 2.00 bits per heavy atom. The van der Waals surface area contributed by atoms with Gasteiger partial charge in [-0.25, -0.2) is 12.8 Å². The van der Waals surface area contributed by atoms with Crippen molar-refractivity contribution in [2.24, 2.45) is 0 Å². The number of halogens is 2. The highest BCUT2D eigenvalue weighted by Gasteiger charge is 2.14. The van der Waals surface area contributed by atoms with E-state index in [1.165, 1.54) is 12.3 Å². The van der Waals surface area contributed by atoms with Crippen molar-refractivity contribution in [1.29, 1.82) is 0 Å². The summed E-state index contributed by atoms with van der Waals surface area (Å²) in [4.78, 5) is 0. The third-order valence-corrected chi connectivity index (χ3v) is 4.24. The first-order chi connectivity index (χ1) is 8.19. The largest absolute Gasteiger partial charge is 0.307 e. The molecule has 0 spiro atoms. The van der Waals surface area contributed by atoms with Crippen LogP contribution in [0.25, 0.3) is 0 Å². The average Bonchev–Trinajstić information content (AvgIpc) is 2.18. The Bertz CT molecular complexity index is 519. The molecular formula is C12H17BrFNO2S. The highest BCUT2D eigenvalue weighted by atomic mass is 79.9. The molecule has 0 bridgehead atoms. The van der Waals surface area contributed by atoms with Crippen LogP contribution in [0.3, 0.4) is 0 Å². The van der Waals surface area contributed by atoms with Crippen LogP contribution < -0.4 is 5.32 Å². The Hall–Kier alpha value is -0.460. The van der Waals surface area contributed by atoms with Gasteiger partial charge in [-0.3, -0.25) is 0 Å². The third-order valence-electron chi connectivity index (χ3n) is 2.53. The first-order valence-electron chi connectivity index (χ1n) is 5.58. The minimum atomic E-state index is -3.00. The lowest BCUT2D eigenvalue weighted by atomic mass is 10.1. The number of nitrogens with one attached hydrogen (secondary N) is 1. The fourth-order valence-electron chi connectivity index (χ4n) is 1.81. The summed E-state index contributed by atoms with van der Waals surface area (Å²) in [5.41, 5.74) is 0.906. The third kappa shape index (κ3) is 5.04. The smallest absolute Gasteiger partial charge is 0.148 e. The molecule has 0 aliphatic rings. The van der Waals surface area contributed by atoms with Gasteiger partial charge in [0.25, 0.3) is 0 Å². The molecule has 0 saturated heterocycles. The topological polar surface area (TPSA) is 46.2 Å². The van der Waals surface area contributed by atoms with Crippen LogP contribution in [-0.2, 0) is 9.84 Å². The predicted octanol–water partition coefficient (Wildman–Crippen LogP) is 2.67. The summed E-state index contributed by atoms with van der Waals surface area (Å²) in [5.74, 6) is -0.227. The van der Waals surface area contributed by atoms with E-state index in [9.17, 15) is 12.8 Å². The molecule has 1 rings (SSSR count). The number of sulfone groups is 1. The highest BCUT2D eigenvalue weighted by molar-refractivity contribution is 9.10. The van der Waals surface area contributed by atoms with E-state index in [1.54, 1.807) is 12.1 Å². The van der Waals surface area contributed by atoms with Crippen molar-refractivity contribution in [3.05, 3.63) is 34.1 Å². The molecule has 6 heteroatoms. The summed E-state index contributed by atoms with van der Waals surface area (Å²) in [6.45, 7) is 3.73. The summed E-state index contributed by atoms with van der Waals surface area (Å²) in [7, 11) is -3.00. The van der Waals surface area contributed by atoms with Crippen LogP contribution in [0, 0.1) is 5.82 Å². The number of hydrogen-bond donors (Lipinski definition) is 1. The van der Waals surface area contributed by atoms with E-state index in [0.29, 0.717) is 4.47 Å². The average molecular weight is 338 g/mol. The second kappa shape index (κ2) is 6.12. The molecule has 0 heterocycles. The van der Waals surface area contributed by atoms with Gasteiger partial charge in [0.05, 0.1) is 10.2 Å². The van der Waals surface area contributed by atoms with E-state index >= 15 is 0 Å². The van der Waals surface area contributed by atoms with E-state index in [0.717, 1.165) is 5.56 Å². The molecule has 1 N–H and O–H groups in total. The van der Waals surface area contributed by atoms with Gasteiger partial charge >= 0.3 is 0 Å². The Balaban J connectivity index is 2.70. The van der Waals surface area contributed by atoms with Crippen LogP contribution in [0.1, 0.15) is 25.5 Å². The van der Waals surface area contributed by atoms with E-state index in [-0.39, 0.29) is 23.7 Å². The Morgan fingerprint density at radius 3 is 2.50 bits per heavy atom. The number of hydrogen-bond acceptors (Lipinski definition) is 3. The summed E-state index contributed by atoms with van der Waals surface area (Å²) in [6.07, 6.45) is 1.21. The summed E-state index contributed by atoms with van der Waals surface area (Å²) in [5, 5.41) is 3.18. The van der Waals surface area contributed by atoms with Gasteiger partial charge in [0.2, 0.25) is 0 Å². The molecule has 1 aromatic carbocycles. The summed E-state index contributed by atoms with van der Waals surface area (Å²) >= 11 is 3.13. The minimum absolute atomic E-state index is 0.0429. The lowest BCUT2D eigenvalue weighted by Gasteiger charge is -2.20. The van der Waals surface area contributed by atoms with Gasteiger partial charge in [0.1, 0.15) is 15.7 Å². The van der Waals surface area contributed by atoms with Crippen LogP contribution in [0.15, 0.2) is 22.7 Å². The molecule has 0 aliphatic carbocycles. The van der Waals surface area contributed by atoms with Crippen molar-refractivity contribution in [2.45, 2.75) is 25.9 Å². The highest BCUT2D eigenvalue weighted by Crippen LogP contribution is 2.21. The van der Waals surface area contributed by atoms with Crippen LogP contribution >= 0.6 is 15.9 Å². The zero-order valence-corrected chi connectivity index (χ0v) is 13.0. The lowest BCUT2D eigenvalue weighted by molar-refractivity contribution is 0.499. The molecule has 3 nitrogen and oxygen atoms in total. The molecule has 2 atom stereocenters. The van der Waals surface area contributed by atoms with E-state index in [4.69, 9.17) is 0 Å². The molecule has 0 saturated carbocycles. The molecule has 1 aromatic rings. The van der Waals surface area contributed by atoms with Crippen LogP contribution in [-0.4, -0.2) is 26.5 Å². The molecule has 0 amide bonds. The quantitative estimate of drug-likeness (QED) is 0.898. The van der Waals surface area contributed by atoms with Crippen molar-refractivity contribution in [3.63, 3.8) is 0 Å². The SMILES string of the molecule is CC(CS(C)(=O)=O)NC(C)c1ccc(F)c(Br)c1. The number of rotatable bonds is 5. The Morgan fingerprint density at radius 1 is 1.39 bits per heavy atom. The van der Waals surface area contributed by atoms with E-state index in [2.05, 4.69) is 21.2 Å². The van der Waals surface area contributed by atoms with Gasteiger partial charge in [-0.2, -0.15) is 0 Å². The number of benzene rings is 1. The first kappa shape index (κ1) is 15.6. The maximum atomic E-state index is 13.1. The molecular weight excluding hydrogens is 321 g/mol. The van der Waals surface area contributed by atoms with E-state index < -0.39 is 9.84 Å². The van der Waals surface area contributed by atoms with Gasteiger partial charge in [-0.1, -0.05) is 6.07 Å². The summed E-state index contributed by atoms with van der Waals surface area (Å²) < 4.78 is 35.8. The normalized spacial score (nSPS) is 15.4. The second-order valence-electron chi connectivity index (χ2n) is 4.56. The van der Waals surface area contributed by atoms with Crippen molar-refractivity contribution < 1.29 is 12.8 Å². The molecule has 0 fully saturated rings. The maximum Gasteiger partial charge on any atom is 0.148 e. The molecule has 102 valence electrons. The molecule has 2 unspecified atom stereocenters. The summed E-state index contributed by atoms with van der Waals surface area (Å²) in [6, 6.07) is 4.57. The lowest BCUT2D eigenvalue weighted by Crippen LogP contribution is -2.34. The van der Waals surface area contributed by atoms with Crippen LogP contribution in [0.4, 0.5) is 4.39 Å². The molecule has 0 radical (unpaired) electrons. The second-order valence-corrected chi connectivity index (χ2v) is 7.59. The standard InChI is InChI=1S/C12H17BrFNO2S/c1-8(7-18(3,16)17)15-9(2)10-4-5-12(14)11(13)6-10/h4-6,8-9,15H,7H2,1-3H3. The Labute approximate surface area is 116 Å². The van der Waals surface area contributed by atoms with Crippen LogP contribution in [0.2, 0.25) is 0 Å². The van der Waals surface area contributed by atoms with Gasteiger partial charge in [0, 0.05) is 18.3 Å². The van der Waals surface area contributed by atoms with Crippen LogP contribution in [0.5, 0.6) is 0 Å².